The van der Waals surface area contributed by atoms with Crippen LogP contribution in [0.1, 0.15) is 12.0 Å². The van der Waals surface area contributed by atoms with Crippen molar-refractivity contribution in [3.8, 4) is 17.1 Å². The number of rotatable bonds is 5. The zero-order chi connectivity index (χ0) is 23.0. The molecule has 10 nitrogen and oxygen atoms in total. The van der Waals surface area contributed by atoms with E-state index in [9.17, 15) is 8.42 Å². The van der Waals surface area contributed by atoms with E-state index in [1.54, 1.807) is 12.4 Å². The van der Waals surface area contributed by atoms with Gasteiger partial charge in [0, 0.05) is 50.3 Å². The lowest BCUT2D eigenvalue weighted by Crippen LogP contribution is -2.49. The van der Waals surface area contributed by atoms with E-state index in [4.69, 9.17) is 19.6 Å². The zero-order valence-electron chi connectivity index (χ0n) is 18.8. The molecule has 0 bridgehead atoms. The molecule has 2 N–H and O–H groups in total. The van der Waals surface area contributed by atoms with E-state index in [2.05, 4.69) is 40.1 Å². The minimum atomic E-state index is -3.77. The summed E-state index contributed by atoms with van der Waals surface area (Å²) in [5.41, 5.74) is 5.47. The summed E-state index contributed by atoms with van der Waals surface area (Å²) in [5, 5.41) is 5.26. The largest absolute Gasteiger partial charge is 0.473 e. The molecular formula is C22H28N6O4S2. The van der Waals surface area contributed by atoms with Crippen molar-refractivity contribution in [2.45, 2.75) is 18.9 Å². The van der Waals surface area contributed by atoms with Gasteiger partial charge in [0.2, 0.25) is 5.88 Å². The van der Waals surface area contributed by atoms with Gasteiger partial charge in [-0.25, -0.2) is 15.1 Å². The van der Waals surface area contributed by atoms with Crippen LogP contribution in [0, 0.1) is 0 Å². The van der Waals surface area contributed by atoms with E-state index >= 15 is 0 Å². The Morgan fingerprint density at radius 2 is 2.03 bits per heavy atom. The van der Waals surface area contributed by atoms with Crippen molar-refractivity contribution < 1.29 is 17.9 Å². The van der Waals surface area contributed by atoms with Crippen molar-refractivity contribution in [1.82, 2.24) is 19.3 Å². The molecule has 34 heavy (non-hydrogen) atoms. The summed E-state index contributed by atoms with van der Waals surface area (Å²) in [6, 6.07) is 8.27. The Kier molecular flexibility index (Phi) is 7.24. The Labute approximate surface area is 205 Å². The first-order valence-electron chi connectivity index (χ1n) is 10.9. The third-order valence-corrected chi connectivity index (χ3v) is 7.07. The normalized spacial score (nSPS) is 18.9. The van der Waals surface area contributed by atoms with E-state index in [1.165, 1.54) is 15.6 Å². The number of fused-ring (bicyclic) bond motifs is 2. The Morgan fingerprint density at radius 1 is 1.21 bits per heavy atom. The average molecular weight is 505 g/mol. The minimum Gasteiger partial charge on any atom is -0.473 e. The van der Waals surface area contributed by atoms with Gasteiger partial charge >= 0.3 is 0 Å². The summed E-state index contributed by atoms with van der Waals surface area (Å²) in [4.78, 5) is 15.8. The van der Waals surface area contributed by atoms with Gasteiger partial charge in [0.15, 0.2) is 5.52 Å². The molecule has 12 heteroatoms. The lowest BCUT2D eigenvalue weighted by atomic mass is 9.98. The number of nitrogens with two attached hydrogens (primary N) is 1. The van der Waals surface area contributed by atoms with E-state index in [0.717, 1.165) is 30.6 Å². The predicted molar refractivity (Wildman–Crippen MR) is 135 cm³/mol. The first-order valence-corrected chi connectivity index (χ1v) is 12.4. The van der Waals surface area contributed by atoms with Gasteiger partial charge in [-0.3, -0.25) is 4.98 Å². The Bertz CT molecular complexity index is 1290. The Hall–Kier alpha value is -2.51. The number of anilines is 1. The van der Waals surface area contributed by atoms with Crippen molar-refractivity contribution >= 4 is 40.4 Å². The van der Waals surface area contributed by atoms with E-state index in [1.807, 2.05) is 6.07 Å². The molecule has 0 spiro atoms. The number of ether oxygens (including phenoxy) is 2. The molecule has 0 amide bonds. The van der Waals surface area contributed by atoms with Crippen LogP contribution in [0.25, 0.3) is 22.3 Å². The molecule has 4 heterocycles. The second-order valence-electron chi connectivity index (χ2n) is 8.31. The lowest BCUT2D eigenvalue weighted by molar-refractivity contribution is -0.0254. The van der Waals surface area contributed by atoms with E-state index in [0.29, 0.717) is 16.9 Å². The molecule has 2 aliphatic heterocycles. The second-order valence-corrected chi connectivity index (χ2v) is 9.86. The molecule has 182 valence electrons. The number of hydrogen-bond donors (Lipinski definition) is 1. The van der Waals surface area contributed by atoms with Gasteiger partial charge in [-0.05, 0) is 36.6 Å². The van der Waals surface area contributed by atoms with Gasteiger partial charge in [-0.2, -0.15) is 26.2 Å². The molecule has 2 aromatic heterocycles. The van der Waals surface area contributed by atoms with Crippen LogP contribution < -0.4 is 14.8 Å². The lowest BCUT2D eigenvalue weighted by Gasteiger charge is -2.30. The van der Waals surface area contributed by atoms with Crippen molar-refractivity contribution in [2.75, 3.05) is 44.8 Å². The van der Waals surface area contributed by atoms with Crippen LogP contribution in [0.3, 0.4) is 0 Å². The number of benzene rings is 1. The van der Waals surface area contributed by atoms with Crippen molar-refractivity contribution in [3.63, 3.8) is 0 Å². The van der Waals surface area contributed by atoms with Crippen molar-refractivity contribution in [1.29, 1.82) is 0 Å². The number of nitrogens with zero attached hydrogens (tertiary/aromatic N) is 5. The molecule has 0 saturated carbocycles. The van der Waals surface area contributed by atoms with E-state index < -0.39 is 16.3 Å². The highest BCUT2D eigenvalue weighted by Crippen LogP contribution is 2.32. The molecule has 1 aromatic carbocycles. The quantitative estimate of drug-likeness (QED) is 0.554. The predicted octanol–water partition coefficient (Wildman–Crippen LogP) is 1.47. The third-order valence-electron chi connectivity index (χ3n) is 6.02. The third kappa shape index (κ3) is 5.10. The van der Waals surface area contributed by atoms with Crippen molar-refractivity contribution in [2.24, 2.45) is 5.14 Å². The average Bonchev–Trinajstić information content (AvgIpc) is 2.82. The SMILES string of the molecule is CN1CCCc2cc(-c3cc4nccnc4c(OC[C@@H]4CN(S(N)(=O)=O)CCO4)n3)ccc21.S. The molecular weight excluding hydrogens is 476 g/mol. The molecule has 3 aromatic rings. The zero-order valence-corrected chi connectivity index (χ0v) is 20.7. The molecule has 1 atom stereocenters. The summed E-state index contributed by atoms with van der Waals surface area (Å²) in [6.45, 7) is 1.77. The van der Waals surface area contributed by atoms with Crippen LogP contribution >= 0.6 is 13.5 Å². The van der Waals surface area contributed by atoms with Crippen molar-refractivity contribution in [3.05, 3.63) is 42.2 Å². The summed E-state index contributed by atoms with van der Waals surface area (Å²) < 4.78 is 36.2. The summed E-state index contributed by atoms with van der Waals surface area (Å²) in [5.74, 6) is 0.335. The van der Waals surface area contributed by atoms with Gasteiger partial charge < -0.3 is 14.4 Å². The smallest absolute Gasteiger partial charge is 0.277 e. The monoisotopic (exact) mass is 504 g/mol. The van der Waals surface area contributed by atoms with Crippen LogP contribution in [0.5, 0.6) is 5.88 Å². The fourth-order valence-corrected chi connectivity index (χ4v) is 5.04. The standard InChI is InChI=1S/C22H26N6O4S.H2S/c1-27-8-2-3-16-11-15(4-5-20(16)27)18-12-19-21(25-7-6-24-19)22(26-18)32-14-17-13-28(9-10-31-17)33(23,29)30;/h4-7,11-12,17H,2-3,8-10,13-14H2,1H3,(H2,23,29,30);1H2/t17-;/m0./s1. The maximum atomic E-state index is 11.7. The van der Waals surface area contributed by atoms with Crippen LogP contribution in [0.2, 0.25) is 0 Å². The number of aromatic nitrogens is 3. The Morgan fingerprint density at radius 3 is 2.85 bits per heavy atom. The number of morpholine rings is 1. The molecule has 2 aliphatic rings. The molecule has 5 rings (SSSR count). The molecule has 0 radical (unpaired) electrons. The topological polar surface area (TPSA) is 124 Å². The first-order chi connectivity index (χ1) is 15.9. The molecule has 1 saturated heterocycles. The van der Waals surface area contributed by atoms with Gasteiger partial charge in [0.25, 0.3) is 10.2 Å². The second kappa shape index (κ2) is 10.0. The summed E-state index contributed by atoms with van der Waals surface area (Å²) in [6.07, 6.45) is 4.91. The summed E-state index contributed by atoms with van der Waals surface area (Å²) in [7, 11) is -1.67. The maximum Gasteiger partial charge on any atom is 0.277 e. The number of aryl methyl sites for hydroxylation is 1. The van der Waals surface area contributed by atoms with E-state index in [-0.39, 0.29) is 39.8 Å². The van der Waals surface area contributed by atoms with Gasteiger partial charge in [0.05, 0.1) is 17.8 Å². The fourth-order valence-electron chi connectivity index (χ4n) is 4.33. The molecule has 1 fully saturated rings. The van der Waals surface area contributed by atoms with Crippen LogP contribution in [0.4, 0.5) is 5.69 Å². The maximum absolute atomic E-state index is 11.7. The molecule has 0 unspecified atom stereocenters. The number of pyridine rings is 1. The summed E-state index contributed by atoms with van der Waals surface area (Å²) >= 11 is 0. The fraction of sp³-hybridized carbons (Fsp3) is 0.409. The number of hydrogen-bond acceptors (Lipinski definition) is 8. The highest BCUT2D eigenvalue weighted by Gasteiger charge is 2.28. The highest BCUT2D eigenvalue weighted by atomic mass is 32.2. The van der Waals surface area contributed by atoms with Crippen LogP contribution in [-0.4, -0.2) is 73.7 Å². The molecule has 0 aliphatic carbocycles. The van der Waals surface area contributed by atoms with Gasteiger partial charge in [-0.15, -0.1) is 0 Å². The van der Waals surface area contributed by atoms with Crippen LogP contribution in [-0.2, 0) is 21.4 Å². The first kappa shape index (κ1) is 24.6. The van der Waals surface area contributed by atoms with Crippen LogP contribution in [0.15, 0.2) is 36.7 Å². The van der Waals surface area contributed by atoms with Gasteiger partial charge in [0.1, 0.15) is 12.7 Å². The minimum absolute atomic E-state index is 0. The highest BCUT2D eigenvalue weighted by molar-refractivity contribution is 7.86. The van der Waals surface area contributed by atoms with Gasteiger partial charge in [-0.1, -0.05) is 6.07 Å². The Balaban J connectivity index is 0.00000274.